The molecule has 4 N–H and O–H groups in total. The van der Waals surface area contributed by atoms with Gasteiger partial charge in [-0.25, -0.2) is 4.79 Å². The molecule has 1 rings (SSSR count). The number of aromatic nitrogens is 1. The number of nitrogens with zero attached hydrogens (tertiary/aromatic N) is 1. The molecule has 1 aromatic heterocycles. The lowest BCUT2D eigenvalue weighted by atomic mass is 10.0. The molecule has 19 heavy (non-hydrogen) atoms. The molecule has 0 fully saturated rings. The number of pyridine rings is 1. The minimum Gasteiger partial charge on any atom is -0.481 e. The zero-order valence-corrected chi connectivity index (χ0v) is 10.6. The Morgan fingerprint density at radius 3 is 2.74 bits per heavy atom. The first-order valence-electron chi connectivity index (χ1n) is 5.74. The van der Waals surface area contributed by atoms with Crippen LogP contribution < -0.4 is 10.6 Å². The summed E-state index contributed by atoms with van der Waals surface area (Å²) in [7, 11) is 0. The summed E-state index contributed by atoms with van der Waals surface area (Å²) < 4.78 is 0. The number of carboxylic acids is 1. The summed E-state index contributed by atoms with van der Waals surface area (Å²) in [4.78, 5) is 25.8. The molecular weight excluding hydrogens is 250 g/mol. The predicted molar refractivity (Wildman–Crippen MR) is 67.4 cm³/mol. The number of amides is 2. The van der Waals surface area contributed by atoms with Crippen molar-refractivity contribution in [3.8, 4) is 0 Å². The number of aliphatic carboxylic acids is 1. The lowest BCUT2D eigenvalue weighted by Gasteiger charge is -2.21. The van der Waals surface area contributed by atoms with Crippen LogP contribution in [0.4, 0.5) is 4.79 Å². The molecular formula is C12H17N3O4. The zero-order chi connectivity index (χ0) is 14.3. The van der Waals surface area contributed by atoms with Gasteiger partial charge in [-0.3, -0.25) is 9.78 Å². The zero-order valence-electron chi connectivity index (χ0n) is 10.6. The first-order valence-corrected chi connectivity index (χ1v) is 5.74. The van der Waals surface area contributed by atoms with Crippen molar-refractivity contribution in [1.82, 2.24) is 15.6 Å². The van der Waals surface area contributed by atoms with Gasteiger partial charge in [-0.1, -0.05) is 6.07 Å². The largest absolute Gasteiger partial charge is 0.481 e. The van der Waals surface area contributed by atoms with Crippen LogP contribution in [0.5, 0.6) is 0 Å². The maximum absolute atomic E-state index is 11.4. The summed E-state index contributed by atoms with van der Waals surface area (Å²) in [5.74, 6) is -1.12. The Bertz CT molecular complexity index is 434. The second-order valence-electron chi connectivity index (χ2n) is 4.46. The van der Waals surface area contributed by atoms with Gasteiger partial charge in [-0.05, 0) is 18.6 Å². The van der Waals surface area contributed by atoms with Crippen molar-refractivity contribution in [2.45, 2.75) is 25.5 Å². The smallest absolute Gasteiger partial charge is 0.315 e. The quantitative estimate of drug-likeness (QED) is 0.584. The standard InChI is InChI=1S/C12H17N3O4/c1-12(19,5-10(16)17)8-15-11(18)14-7-9-3-2-4-13-6-9/h2-4,6,19H,5,7-8H2,1H3,(H,16,17)(H2,14,15,18). The molecule has 1 aromatic rings. The van der Waals surface area contributed by atoms with Crippen molar-refractivity contribution >= 4 is 12.0 Å². The van der Waals surface area contributed by atoms with Crippen LogP contribution in [0.25, 0.3) is 0 Å². The molecule has 0 bridgehead atoms. The van der Waals surface area contributed by atoms with Crippen LogP contribution in [-0.4, -0.2) is 39.3 Å². The summed E-state index contributed by atoms with van der Waals surface area (Å²) in [6.07, 6.45) is 2.82. The molecule has 0 radical (unpaired) electrons. The van der Waals surface area contributed by atoms with E-state index in [1.807, 2.05) is 6.07 Å². The highest BCUT2D eigenvalue weighted by Crippen LogP contribution is 2.07. The number of rotatable bonds is 6. The van der Waals surface area contributed by atoms with E-state index in [1.54, 1.807) is 18.5 Å². The topological polar surface area (TPSA) is 112 Å². The number of hydrogen-bond acceptors (Lipinski definition) is 4. The van der Waals surface area contributed by atoms with E-state index in [1.165, 1.54) is 6.92 Å². The van der Waals surface area contributed by atoms with Gasteiger partial charge in [0.25, 0.3) is 0 Å². The molecule has 1 heterocycles. The Kier molecular flexibility index (Phi) is 5.25. The van der Waals surface area contributed by atoms with Gasteiger partial charge in [0.05, 0.1) is 12.0 Å². The molecule has 0 aliphatic heterocycles. The van der Waals surface area contributed by atoms with E-state index in [-0.39, 0.29) is 6.54 Å². The Morgan fingerprint density at radius 1 is 1.42 bits per heavy atom. The number of hydrogen-bond donors (Lipinski definition) is 4. The van der Waals surface area contributed by atoms with E-state index >= 15 is 0 Å². The highest BCUT2D eigenvalue weighted by Gasteiger charge is 2.24. The number of aliphatic hydroxyl groups is 1. The maximum Gasteiger partial charge on any atom is 0.315 e. The van der Waals surface area contributed by atoms with Crippen LogP contribution in [0.3, 0.4) is 0 Å². The molecule has 7 nitrogen and oxygen atoms in total. The van der Waals surface area contributed by atoms with E-state index in [2.05, 4.69) is 15.6 Å². The third-order valence-corrected chi connectivity index (χ3v) is 2.34. The van der Waals surface area contributed by atoms with Crippen molar-refractivity contribution in [2.75, 3.05) is 6.54 Å². The van der Waals surface area contributed by atoms with Gasteiger partial charge in [-0.15, -0.1) is 0 Å². The minimum absolute atomic E-state index is 0.141. The third-order valence-electron chi connectivity index (χ3n) is 2.34. The molecule has 0 aliphatic rings. The van der Waals surface area contributed by atoms with Crippen molar-refractivity contribution in [1.29, 1.82) is 0 Å². The predicted octanol–water partition coefficient (Wildman–Crippen LogP) is 0.106. The molecule has 1 atom stereocenters. The molecule has 2 amide bonds. The van der Waals surface area contributed by atoms with Gasteiger partial charge in [0.1, 0.15) is 0 Å². The van der Waals surface area contributed by atoms with Crippen LogP contribution >= 0.6 is 0 Å². The third kappa shape index (κ3) is 6.37. The number of nitrogens with one attached hydrogen (secondary N) is 2. The fraction of sp³-hybridized carbons (Fsp3) is 0.417. The second kappa shape index (κ2) is 6.69. The monoisotopic (exact) mass is 267 g/mol. The summed E-state index contributed by atoms with van der Waals surface area (Å²) in [6.45, 7) is 1.52. The van der Waals surface area contributed by atoms with Gasteiger partial charge >= 0.3 is 12.0 Å². The van der Waals surface area contributed by atoms with Crippen LogP contribution in [-0.2, 0) is 11.3 Å². The van der Waals surface area contributed by atoms with E-state index in [9.17, 15) is 14.7 Å². The average Bonchev–Trinajstić information content (AvgIpc) is 2.34. The average molecular weight is 267 g/mol. The summed E-state index contributed by atoms with van der Waals surface area (Å²) in [6, 6.07) is 3.09. The number of urea groups is 1. The number of carboxylic acid groups (broad SMARTS) is 1. The highest BCUT2D eigenvalue weighted by atomic mass is 16.4. The van der Waals surface area contributed by atoms with E-state index in [0.717, 1.165) is 5.56 Å². The molecule has 0 spiro atoms. The highest BCUT2D eigenvalue weighted by molar-refractivity contribution is 5.74. The first kappa shape index (κ1) is 14.9. The number of carbonyl (C=O) groups is 2. The van der Waals surface area contributed by atoms with E-state index in [4.69, 9.17) is 5.11 Å². The molecule has 0 aromatic carbocycles. The Hall–Kier alpha value is -2.15. The Labute approximate surface area is 110 Å². The van der Waals surface area contributed by atoms with Gasteiger partial charge in [0, 0.05) is 25.5 Å². The van der Waals surface area contributed by atoms with Gasteiger partial charge in [0.15, 0.2) is 0 Å². The minimum atomic E-state index is -1.47. The Balaban J connectivity index is 2.30. The normalized spacial score (nSPS) is 13.4. The summed E-state index contributed by atoms with van der Waals surface area (Å²) in [5, 5.41) is 23.2. The molecule has 104 valence electrons. The van der Waals surface area contributed by atoms with Crippen molar-refractivity contribution in [2.24, 2.45) is 0 Å². The van der Waals surface area contributed by atoms with Crippen molar-refractivity contribution in [3.05, 3.63) is 30.1 Å². The van der Waals surface area contributed by atoms with Gasteiger partial charge in [0.2, 0.25) is 0 Å². The van der Waals surface area contributed by atoms with Crippen LogP contribution in [0.15, 0.2) is 24.5 Å². The van der Waals surface area contributed by atoms with Crippen molar-refractivity contribution < 1.29 is 19.8 Å². The van der Waals surface area contributed by atoms with E-state index < -0.39 is 24.0 Å². The first-order chi connectivity index (χ1) is 8.89. The maximum atomic E-state index is 11.4. The fourth-order valence-corrected chi connectivity index (χ4v) is 1.41. The molecule has 1 unspecified atom stereocenters. The fourth-order valence-electron chi connectivity index (χ4n) is 1.41. The molecule has 0 saturated carbocycles. The van der Waals surface area contributed by atoms with Crippen LogP contribution in [0.1, 0.15) is 18.9 Å². The van der Waals surface area contributed by atoms with Crippen LogP contribution in [0, 0.1) is 0 Å². The summed E-state index contributed by atoms with van der Waals surface area (Å²) in [5.41, 5.74) is -0.632. The van der Waals surface area contributed by atoms with Gasteiger partial charge in [-0.2, -0.15) is 0 Å². The van der Waals surface area contributed by atoms with Crippen molar-refractivity contribution in [3.63, 3.8) is 0 Å². The lowest BCUT2D eigenvalue weighted by Crippen LogP contribution is -2.45. The molecule has 7 heteroatoms. The number of carbonyl (C=O) groups excluding carboxylic acids is 1. The van der Waals surface area contributed by atoms with Gasteiger partial charge < -0.3 is 20.8 Å². The molecule has 0 aliphatic carbocycles. The summed E-state index contributed by atoms with van der Waals surface area (Å²) >= 11 is 0. The molecule has 0 saturated heterocycles. The lowest BCUT2D eigenvalue weighted by molar-refractivity contribution is -0.141. The Morgan fingerprint density at radius 2 is 2.16 bits per heavy atom. The van der Waals surface area contributed by atoms with Crippen LogP contribution in [0.2, 0.25) is 0 Å². The second-order valence-corrected chi connectivity index (χ2v) is 4.46. The van der Waals surface area contributed by atoms with E-state index in [0.29, 0.717) is 6.54 Å². The SMILES string of the molecule is CC(O)(CNC(=O)NCc1cccnc1)CC(=O)O.